The lowest BCUT2D eigenvalue weighted by Crippen LogP contribution is -2.21. The molecule has 2 aromatic rings. The van der Waals surface area contributed by atoms with E-state index in [9.17, 15) is 9.59 Å². The molecule has 0 saturated heterocycles. The normalized spacial score (nSPS) is 10.9. The summed E-state index contributed by atoms with van der Waals surface area (Å²) in [6.45, 7) is 1.65. The van der Waals surface area contributed by atoms with Gasteiger partial charge in [-0.05, 0) is 43.3 Å². The molecule has 2 amide bonds. The van der Waals surface area contributed by atoms with Gasteiger partial charge in [-0.2, -0.15) is 5.10 Å². The van der Waals surface area contributed by atoms with Gasteiger partial charge in [0.1, 0.15) is 0 Å². The van der Waals surface area contributed by atoms with Gasteiger partial charge in [0.05, 0.1) is 20.6 Å². The van der Waals surface area contributed by atoms with Crippen LogP contribution in [0, 0.1) is 0 Å². The number of amides is 2. The van der Waals surface area contributed by atoms with E-state index in [1.807, 2.05) is 0 Å². The topological polar surface area (TPSA) is 89.0 Å². The number of carbonyl (C=O) groups excluding carboxylic acids is 2. The minimum Gasteiger partial charge on any atom is -0.493 e. The Morgan fingerprint density at radius 2 is 1.81 bits per heavy atom. The maximum Gasteiger partial charge on any atom is 0.271 e. The number of benzene rings is 2. The van der Waals surface area contributed by atoms with E-state index in [1.54, 1.807) is 49.4 Å². The van der Waals surface area contributed by atoms with Crippen molar-refractivity contribution < 1.29 is 19.1 Å². The van der Waals surface area contributed by atoms with E-state index in [2.05, 4.69) is 15.8 Å². The van der Waals surface area contributed by atoms with Crippen LogP contribution in [0.5, 0.6) is 11.5 Å². The maximum absolute atomic E-state index is 12.2. The molecule has 2 aromatic carbocycles. The smallest absolute Gasteiger partial charge is 0.271 e. The minimum absolute atomic E-state index is 0.0265. The summed E-state index contributed by atoms with van der Waals surface area (Å²) in [7, 11) is 3.00. The van der Waals surface area contributed by atoms with Crippen LogP contribution in [0.3, 0.4) is 0 Å². The number of rotatable bonds is 7. The lowest BCUT2D eigenvalue weighted by Gasteiger charge is -2.09. The molecule has 142 valence electrons. The molecule has 0 unspecified atom stereocenters. The molecule has 27 heavy (non-hydrogen) atoms. The summed E-state index contributed by atoms with van der Waals surface area (Å²) in [5.74, 6) is 0.266. The number of carbonyl (C=O) groups is 2. The Kier molecular flexibility index (Phi) is 7.19. The average Bonchev–Trinajstić information content (AvgIpc) is 2.65. The van der Waals surface area contributed by atoms with Gasteiger partial charge in [0.2, 0.25) is 5.91 Å². The summed E-state index contributed by atoms with van der Waals surface area (Å²) in [5, 5.41) is 7.20. The molecule has 7 nitrogen and oxygen atoms in total. The zero-order chi connectivity index (χ0) is 19.8. The van der Waals surface area contributed by atoms with Crippen LogP contribution in [-0.4, -0.2) is 31.7 Å². The third kappa shape index (κ3) is 6.00. The molecule has 0 atom stereocenters. The third-order valence-corrected chi connectivity index (χ3v) is 3.75. The van der Waals surface area contributed by atoms with Crippen LogP contribution >= 0.6 is 11.6 Å². The van der Waals surface area contributed by atoms with Crippen LogP contribution in [0.15, 0.2) is 47.6 Å². The van der Waals surface area contributed by atoms with Crippen molar-refractivity contribution in [2.75, 3.05) is 19.5 Å². The fourth-order valence-electron chi connectivity index (χ4n) is 2.23. The van der Waals surface area contributed by atoms with E-state index in [0.717, 1.165) is 0 Å². The second kappa shape index (κ2) is 9.59. The molecule has 0 spiro atoms. The molecule has 8 heteroatoms. The van der Waals surface area contributed by atoms with E-state index >= 15 is 0 Å². The number of nitrogens with one attached hydrogen (secondary N) is 2. The molecular weight excluding hydrogens is 370 g/mol. The maximum atomic E-state index is 12.2. The third-order valence-electron chi connectivity index (χ3n) is 3.52. The first-order valence-electron chi connectivity index (χ1n) is 8.04. The number of anilines is 1. The number of ether oxygens (including phenoxy) is 2. The predicted molar refractivity (Wildman–Crippen MR) is 105 cm³/mol. The minimum atomic E-state index is -0.425. The number of halogens is 1. The van der Waals surface area contributed by atoms with Crippen LogP contribution < -0.4 is 20.2 Å². The Labute approximate surface area is 162 Å². The van der Waals surface area contributed by atoms with Gasteiger partial charge < -0.3 is 14.8 Å². The van der Waals surface area contributed by atoms with Gasteiger partial charge >= 0.3 is 0 Å². The van der Waals surface area contributed by atoms with Crippen LogP contribution in [0.1, 0.15) is 23.7 Å². The quantitative estimate of drug-likeness (QED) is 0.560. The summed E-state index contributed by atoms with van der Waals surface area (Å²) in [6.07, 6.45) is 0.0265. The highest BCUT2D eigenvalue weighted by atomic mass is 35.5. The van der Waals surface area contributed by atoms with Crippen molar-refractivity contribution in [2.45, 2.75) is 13.3 Å². The Morgan fingerprint density at radius 1 is 1.07 bits per heavy atom. The van der Waals surface area contributed by atoms with E-state index in [1.165, 1.54) is 14.2 Å². The van der Waals surface area contributed by atoms with Gasteiger partial charge in [0.25, 0.3) is 5.91 Å². The Hall–Kier alpha value is -3.06. The average molecular weight is 390 g/mol. The first-order valence-corrected chi connectivity index (χ1v) is 8.41. The lowest BCUT2D eigenvalue weighted by molar-refractivity contribution is -0.115. The number of nitrogens with zero attached hydrogens (tertiary/aromatic N) is 1. The predicted octanol–water partition coefficient (Wildman–Crippen LogP) is 3.49. The molecule has 2 rings (SSSR count). The van der Waals surface area contributed by atoms with Gasteiger partial charge in [0.15, 0.2) is 11.5 Å². The first-order chi connectivity index (χ1) is 12.9. The number of methoxy groups -OCH3 is 2. The first kappa shape index (κ1) is 20.3. The highest BCUT2D eigenvalue weighted by molar-refractivity contribution is 6.30. The lowest BCUT2D eigenvalue weighted by atomic mass is 10.2. The summed E-state index contributed by atoms with van der Waals surface area (Å²) in [5.41, 5.74) is 3.81. The van der Waals surface area contributed by atoms with Crippen LogP contribution in [0.4, 0.5) is 5.69 Å². The van der Waals surface area contributed by atoms with Crippen molar-refractivity contribution in [3.8, 4) is 11.5 Å². The van der Waals surface area contributed by atoms with Gasteiger partial charge in [-0.25, -0.2) is 5.43 Å². The zero-order valence-electron chi connectivity index (χ0n) is 15.2. The molecule has 0 aliphatic rings. The van der Waals surface area contributed by atoms with E-state index < -0.39 is 5.91 Å². The molecule has 0 aliphatic carbocycles. The van der Waals surface area contributed by atoms with Gasteiger partial charge in [-0.15, -0.1) is 0 Å². The standard InChI is InChI=1S/C19H20ClN3O4/c1-12(9-18(24)21-15-6-4-5-14(20)11-15)22-23-19(25)13-7-8-16(26-2)17(10-13)27-3/h4-8,10-11H,9H2,1-3H3,(H,21,24)(H,23,25)/b22-12-. The van der Waals surface area contributed by atoms with Crippen molar-refractivity contribution in [1.29, 1.82) is 0 Å². The molecule has 0 aromatic heterocycles. The molecule has 0 fully saturated rings. The van der Waals surface area contributed by atoms with Gasteiger partial charge in [-0.1, -0.05) is 17.7 Å². The second-order valence-corrected chi connectivity index (χ2v) is 6.03. The van der Waals surface area contributed by atoms with Crippen LogP contribution in [-0.2, 0) is 4.79 Å². The number of hydrazone groups is 1. The van der Waals surface area contributed by atoms with Crippen LogP contribution in [0.2, 0.25) is 5.02 Å². The molecular formula is C19H20ClN3O4. The van der Waals surface area contributed by atoms with Gasteiger partial charge in [-0.3, -0.25) is 9.59 Å². The molecule has 2 N–H and O–H groups in total. The van der Waals surface area contributed by atoms with E-state index in [-0.39, 0.29) is 12.3 Å². The molecule has 0 saturated carbocycles. The van der Waals surface area contributed by atoms with Crippen molar-refractivity contribution in [2.24, 2.45) is 5.10 Å². The Morgan fingerprint density at radius 3 is 2.48 bits per heavy atom. The van der Waals surface area contributed by atoms with E-state index in [4.69, 9.17) is 21.1 Å². The highest BCUT2D eigenvalue weighted by Gasteiger charge is 2.11. The van der Waals surface area contributed by atoms with Crippen molar-refractivity contribution in [3.05, 3.63) is 53.1 Å². The van der Waals surface area contributed by atoms with Gasteiger partial charge in [0, 0.05) is 22.0 Å². The fraction of sp³-hybridized carbons (Fsp3) is 0.211. The summed E-state index contributed by atoms with van der Waals surface area (Å²) >= 11 is 5.88. The molecule has 0 radical (unpaired) electrons. The fourth-order valence-corrected chi connectivity index (χ4v) is 2.42. The zero-order valence-corrected chi connectivity index (χ0v) is 16.0. The summed E-state index contributed by atoms with van der Waals surface area (Å²) < 4.78 is 10.3. The monoisotopic (exact) mass is 389 g/mol. The number of hydrogen-bond acceptors (Lipinski definition) is 5. The summed E-state index contributed by atoms with van der Waals surface area (Å²) in [4.78, 5) is 24.2. The Balaban J connectivity index is 1.94. The number of hydrogen-bond donors (Lipinski definition) is 2. The van der Waals surface area contributed by atoms with E-state index in [0.29, 0.717) is 33.5 Å². The molecule has 0 bridgehead atoms. The SMILES string of the molecule is COc1ccc(C(=O)N/N=C(/C)CC(=O)Nc2cccc(Cl)c2)cc1OC. The largest absolute Gasteiger partial charge is 0.493 e. The highest BCUT2D eigenvalue weighted by Crippen LogP contribution is 2.27. The second-order valence-electron chi connectivity index (χ2n) is 5.59. The van der Waals surface area contributed by atoms with Crippen molar-refractivity contribution >= 4 is 34.8 Å². The Bertz CT molecular complexity index is 868. The molecule has 0 heterocycles. The van der Waals surface area contributed by atoms with Crippen LogP contribution in [0.25, 0.3) is 0 Å². The summed E-state index contributed by atoms with van der Waals surface area (Å²) in [6, 6.07) is 11.6. The van der Waals surface area contributed by atoms with Crippen molar-refractivity contribution in [1.82, 2.24) is 5.43 Å². The molecule has 0 aliphatic heterocycles. The van der Waals surface area contributed by atoms with Crippen molar-refractivity contribution in [3.63, 3.8) is 0 Å².